The van der Waals surface area contributed by atoms with E-state index in [1.165, 1.54) is 0 Å². The fourth-order valence-corrected chi connectivity index (χ4v) is 2.39. The summed E-state index contributed by atoms with van der Waals surface area (Å²) in [6.07, 6.45) is 1.71. The monoisotopic (exact) mass is 253 g/mol. The third-order valence-corrected chi connectivity index (χ3v) is 3.64. The lowest BCUT2D eigenvalue weighted by molar-refractivity contribution is -0.146. The first-order valence-electron chi connectivity index (χ1n) is 5.82. The molecule has 1 saturated carbocycles. The van der Waals surface area contributed by atoms with Crippen molar-refractivity contribution in [3.63, 3.8) is 0 Å². The lowest BCUT2D eigenvalue weighted by Crippen LogP contribution is -2.48. The second-order valence-electron chi connectivity index (χ2n) is 4.57. The third kappa shape index (κ3) is 2.79. The van der Waals surface area contributed by atoms with Crippen molar-refractivity contribution in [3.05, 3.63) is 34.9 Å². The Morgan fingerprint density at radius 1 is 1.53 bits per heavy atom. The fraction of sp³-hybridized carbons (Fsp3) is 0.462. The predicted octanol–water partition coefficient (Wildman–Crippen LogP) is 2.85. The summed E-state index contributed by atoms with van der Waals surface area (Å²) in [5, 5.41) is 13.0. The zero-order chi connectivity index (χ0) is 12.4. The Hall–Kier alpha value is -1.06. The van der Waals surface area contributed by atoms with Gasteiger partial charge in [-0.3, -0.25) is 4.79 Å². The Bertz CT molecular complexity index is 422. The van der Waals surface area contributed by atoms with Gasteiger partial charge in [-0.1, -0.05) is 23.7 Å². The van der Waals surface area contributed by atoms with Gasteiger partial charge in [0.05, 0.1) is 5.92 Å². The number of carboxylic acid groups (broad SMARTS) is 1. The van der Waals surface area contributed by atoms with Gasteiger partial charge in [0.2, 0.25) is 0 Å². The maximum atomic E-state index is 10.9. The molecule has 17 heavy (non-hydrogen) atoms. The van der Waals surface area contributed by atoms with E-state index in [1.807, 2.05) is 31.2 Å². The van der Waals surface area contributed by atoms with Gasteiger partial charge in [-0.25, -0.2) is 0 Å². The van der Waals surface area contributed by atoms with Crippen molar-refractivity contribution in [2.24, 2.45) is 5.92 Å². The van der Waals surface area contributed by atoms with Crippen LogP contribution in [0.2, 0.25) is 5.02 Å². The number of halogens is 1. The molecule has 1 aliphatic rings. The van der Waals surface area contributed by atoms with Gasteiger partial charge in [-0.2, -0.15) is 0 Å². The molecule has 2 rings (SSSR count). The third-order valence-electron chi connectivity index (χ3n) is 3.40. The average Bonchev–Trinajstić information content (AvgIpc) is 2.23. The maximum absolute atomic E-state index is 10.9. The molecule has 1 fully saturated rings. The molecular weight excluding hydrogens is 238 g/mol. The Morgan fingerprint density at radius 3 is 2.82 bits per heavy atom. The van der Waals surface area contributed by atoms with E-state index in [2.05, 4.69) is 5.32 Å². The molecule has 3 atom stereocenters. The summed E-state index contributed by atoms with van der Waals surface area (Å²) in [5.74, 6) is -0.941. The first kappa shape index (κ1) is 12.4. The number of aliphatic carboxylic acids is 1. The van der Waals surface area contributed by atoms with Crippen molar-refractivity contribution in [2.45, 2.75) is 31.8 Å². The summed E-state index contributed by atoms with van der Waals surface area (Å²) in [4.78, 5) is 10.9. The molecule has 3 nitrogen and oxygen atoms in total. The molecule has 0 amide bonds. The van der Waals surface area contributed by atoms with E-state index in [4.69, 9.17) is 16.7 Å². The minimum absolute atomic E-state index is 0.0847. The second-order valence-corrected chi connectivity index (χ2v) is 5.01. The van der Waals surface area contributed by atoms with E-state index in [0.717, 1.165) is 18.4 Å². The highest BCUT2D eigenvalue weighted by molar-refractivity contribution is 6.30. The van der Waals surface area contributed by atoms with Crippen molar-refractivity contribution in [3.8, 4) is 0 Å². The van der Waals surface area contributed by atoms with Crippen molar-refractivity contribution in [2.75, 3.05) is 0 Å². The number of hydrogen-bond donors (Lipinski definition) is 2. The molecule has 1 aromatic rings. The minimum atomic E-state index is -0.702. The average molecular weight is 254 g/mol. The van der Waals surface area contributed by atoms with Gasteiger partial charge in [0.25, 0.3) is 0 Å². The largest absolute Gasteiger partial charge is 0.481 e. The quantitative estimate of drug-likeness (QED) is 0.868. The summed E-state index contributed by atoms with van der Waals surface area (Å²) >= 11 is 5.93. The molecule has 0 bridgehead atoms. The number of hydrogen-bond acceptors (Lipinski definition) is 2. The molecule has 2 N–H and O–H groups in total. The summed E-state index contributed by atoms with van der Waals surface area (Å²) in [6.45, 7) is 2.03. The van der Waals surface area contributed by atoms with E-state index >= 15 is 0 Å². The van der Waals surface area contributed by atoms with E-state index in [0.29, 0.717) is 5.02 Å². The van der Waals surface area contributed by atoms with Gasteiger partial charge in [0, 0.05) is 17.1 Å². The predicted molar refractivity (Wildman–Crippen MR) is 67.2 cm³/mol. The molecule has 1 aromatic carbocycles. The number of carboxylic acids is 1. The SMILES string of the molecule is C[C@H](NC1CCC1C(=O)O)c1cccc(Cl)c1. The molecule has 0 spiro atoms. The Labute approximate surface area is 106 Å². The fourth-order valence-electron chi connectivity index (χ4n) is 2.19. The van der Waals surface area contributed by atoms with Crippen LogP contribution in [0.5, 0.6) is 0 Å². The minimum Gasteiger partial charge on any atom is -0.481 e. The van der Waals surface area contributed by atoms with Gasteiger partial charge >= 0.3 is 5.97 Å². The topological polar surface area (TPSA) is 49.3 Å². The number of benzene rings is 1. The molecular formula is C13H16ClNO2. The molecule has 0 radical (unpaired) electrons. The van der Waals surface area contributed by atoms with Crippen molar-refractivity contribution in [1.82, 2.24) is 5.32 Å². The second kappa shape index (κ2) is 5.07. The molecule has 4 heteroatoms. The summed E-state index contributed by atoms with van der Waals surface area (Å²) < 4.78 is 0. The van der Waals surface area contributed by atoms with Crippen LogP contribution in [0.15, 0.2) is 24.3 Å². The van der Waals surface area contributed by atoms with Crippen molar-refractivity contribution < 1.29 is 9.90 Å². The molecule has 0 aromatic heterocycles. The smallest absolute Gasteiger partial charge is 0.308 e. The van der Waals surface area contributed by atoms with Crippen LogP contribution in [0.3, 0.4) is 0 Å². The molecule has 0 aliphatic heterocycles. The van der Waals surface area contributed by atoms with Crippen LogP contribution in [0.4, 0.5) is 0 Å². The molecule has 0 heterocycles. The summed E-state index contributed by atoms with van der Waals surface area (Å²) in [5.41, 5.74) is 1.09. The van der Waals surface area contributed by atoms with Gasteiger partial charge in [0.1, 0.15) is 0 Å². The molecule has 2 unspecified atom stereocenters. The van der Waals surface area contributed by atoms with E-state index in [-0.39, 0.29) is 18.0 Å². The highest BCUT2D eigenvalue weighted by atomic mass is 35.5. The summed E-state index contributed by atoms with van der Waals surface area (Å²) in [7, 11) is 0. The van der Waals surface area contributed by atoms with Crippen LogP contribution in [-0.4, -0.2) is 17.1 Å². The van der Waals surface area contributed by atoms with Crippen LogP contribution >= 0.6 is 11.6 Å². The highest BCUT2D eigenvalue weighted by Crippen LogP contribution is 2.30. The first-order chi connectivity index (χ1) is 8.08. The van der Waals surface area contributed by atoms with Crippen molar-refractivity contribution >= 4 is 17.6 Å². The molecule has 92 valence electrons. The van der Waals surface area contributed by atoms with Crippen LogP contribution < -0.4 is 5.32 Å². The number of rotatable bonds is 4. The van der Waals surface area contributed by atoms with Gasteiger partial charge in [0.15, 0.2) is 0 Å². The van der Waals surface area contributed by atoms with Gasteiger partial charge in [-0.15, -0.1) is 0 Å². The molecule has 1 aliphatic carbocycles. The first-order valence-corrected chi connectivity index (χ1v) is 6.20. The Morgan fingerprint density at radius 2 is 2.29 bits per heavy atom. The standard InChI is InChI=1S/C13H16ClNO2/c1-8(9-3-2-4-10(14)7-9)15-12-6-5-11(12)13(16)17/h2-4,7-8,11-12,15H,5-6H2,1H3,(H,16,17)/t8-,11?,12?/m0/s1. The van der Waals surface area contributed by atoms with Gasteiger partial charge < -0.3 is 10.4 Å². The lowest BCUT2D eigenvalue weighted by atomic mass is 9.79. The van der Waals surface area contributed by atoms with Crippen LogP contribution in [0.1, 0.15) is 31.4 Å². The van der Waals surface area contributed by atoms with E-state index < -0.39 is 5.97 Å². The maximum Gasteiger partial charge on any atom is 0.308 e. The van der Waals surface area contributed by atoms with Gasteiger partial charge in [-0.05, 0) is 37.5 Å². The van der Waals surface area contributed by atoms with Crippen LogP contribution in [-0.2, 0) is 4.79 Å². The van der Waals surface area contributed by atoms with Crippen molar-refractivity contribution in [1.29, 1.82) is 0 Å². The number of nitrogens with one attached hydrogen (secondary N) is 1. The zero-order valence-corrected chi connectivity index (χ0v) is 10.4. The number of carbonyl (C=O) groups is 1. The van der Waals surface area contributed by atoms with Crippen LogP contribution in [0, 0.1) is 5.92 Å². The zero-order valence-electron chi connectivity index (χ0n) is 9.69. The highest BCUT2D eigenvalue weighted by Gasteiger charge is 2.37. The summed E-state index contributed by atoms with van der Waals surface area (Å²) in [6, 6.07) is 7.86. The normalized spacial score (nSPS) is 25.1. The lowest BCUT2D eigenvalue weighted by Gasteiger charge is -2.36. The Kier molecular flexibility index (Phi) is 3.69. The van der Waals surface area contributed by atoms with E-state index in [9.17, 15) is 4.79 Å². The Balaban J connectivity index is 1.98. The van der Waals surface area contributed by atoms with Crippen LogP contribution in [0.25, 0.3) is 0 Å². The molecule has 0 saturated heterocycles. The van der Waals surface area contributed by atoms with E-state index in [1.54, 1.807) is 0 Å².